The van der Waals surface area contributed by atoms with Gasteiger partial charge in [-0.3, -0.25) is 9.78 Å². The molecule has 1 aliphatic heterocycles. The van der Waals surface area contributed by atoms with Crippen LogP contribution in [0.5, 0.6) is 0 Å². The summed E-state index contributed by atoms with van der Waals surface area (Å²) in [4.78, 5) is 29.8. The molecule has 1 amide bonds. The molecule has 0 bridgehead atoms. The molecule has 3 heterocycles. The van der Waals surface area contributed by atoms with Crippen molar-refractivity contribution >= 4 is 40.8 Å². The Kier molecular flexibility index (Phi) is 9.48. The fourth-order valence-corrected chi connectivity index (χ4v) is 5.57. The first-order valence-corrected chi connectivity index (χ1v) is 14.7. The number of nitrogens with zero attached hydrogens (tertiary/aromatic N) is 5. The van der Waals surface area contributed by atoms with Gasteiger partial charge < -0.3 is 15.1 Å². The van der Waals surface area contributed by atoms with Crippen molar-refractivity contribution in [1.29, 1.82) is 0 Å². The second-order valence-corrected chi connectivity index (χ2v) is 11.0. The summed E-state index contributed by atoms with van der Waals surface area (Å²) >= 11 is 7.75. The van der Waals surface area contributed by atoms with Gasteiger partial charge in [0, 0.05) is 74.1 Å². The average Bonchev–Trinajstić information content (AvgIpc) is 3.00. The monoisotopic (exact) mass is 612 g/mol. The number of alkyl halides is 3. The standard InChI is InChI=1S/C30H28ClF3N6OS/c31-26-19-27(40-16-14-39(15-17-40)25-6-3-4-23(18-25)30(32,33)34)38-29(37-26)42-20-21-7-9-22(10-8-21)28(41)36-13-11-24-5-1-2-12-35-24/h1-10,12,18-19H,11,13-17,20H2,(H,36,41). The van der Waals surface area contributed by atoms with Crippen molar-refractivity contribution in [2.45, 2.75) is 23.5 Å². The maximum Gasteiger partial charge on any atom is 0.416 e. The van der Waals surface area contributed by atoms with Gasteiger partial charge >= 0.3 is 6.18 Å². The normalized spacial score (nSPS) is 13.7. The maximum absolute atomic E-state index is 13.1. The lowest BCUT2D eigenvalue weighted by atomic mass is 10.1. The predicted octanol–water partition coefficient (Wildman–Crippen LogP) is 6.14. The van der Waals surface area contributed by atoms with Gasteiger partial charge in [0.25, 0.3) is 5.91 Å². The molecule has 1 fully saturated rings. The summed E-state index contributed by atoms with van der Waals surface area (Å²) < 4.78 is 39.4. The fourth-order valence-electron chi connectivity index (χ4n) is 4.54. The van der Waals surface area contributed by atoms with Crippen LogP contribution in [-0.4, -0.2) is 53.6 Å². The van der Waals surface area contributed by atoms with E-state index in [1.807, 2.05) is 35.2 Å². The molecule has 12 heteroatoms. The number of nitrogens with one attached hydrogen (secondary N) is 1. The lowest BCUT2D eigenvalue weighted by Gasteiger charge is -2.37. The van der Waals surface area contributed by atoms with E-state index in [9.17, 15) is 18.0 Å². The van der Waals surface area contributed by atoms with Crippen LogP contribution in [0, 0.1) is 0 Å². The summed E-state index contributed by atoms with van der Waals surface area (Å²) in [5.41, 5.74) is 2.41. The molecule has 4 aromatic rings. The SMILES string of the molecule is O=C(NCCc1ccccn1)c1ccc(CSc2nc(Cl)cc(N3CCN(c4cccc(C(F)(F)F)c4)CC3)n2)cc1. The Morgan fingerprint density at radius 3 is 2.40 bits per heavy atom. The molecule has 0 unspecified atom stereocenters. The van der Waals surface area contributed by atoms with E-state index in [1.54, 1.807) is 30.5 Å². The number of hydrogen-bond acceptors (Lipinski definition) is 7. The van der Waals surface area contributed by atoms with Gasteiger partial charge in [0.2, 0.25) is 0 Å². The number of amides is 1. The maximum atomic E-state index is 13.1. The number of carbonyl (C=O) groups is 1. The number of pyridine rings is 1. The van der Waals surface area contributed by atoms with Crippen molar-refractivity contribution in [3.63, 3.8) is 0 Å². The van der Waals surface area contributed by atoms with Gasteiger partial charge in [-0.1, -0.05) is 47.6 Å². The van der Waals surface area contributed by atoms with E-state index in [-0.39, 0.29) is 5.91 Å². The molecule has 5 rings (SSSR count). The highest BCUT2D eigenvalue weighted by atomic mass is 35.5. The summed E-state index contributed by atoms with van der Waals surface area (Å²) in [6, 6.07) is 20.2. The third-order valence-electron chi connectivity index (χ3n) is 6.78. The van der Waals surface area contributed by atoms with E-state index in [2.05, 4.69) is 25.2 Å². The summed E-state index contributed by atoms with van der Waals surface area (Å²) in [5.74, 6) is 1.13. The number of benzene rings is 2. The zero-order valence-electron chi connectivity index (χ0n) is 22.5. The van der Waals surface area contributed by atoms with Crippen molar-refractivity contribution in [1.82, 2.24) is 20.3 Å². The molecule has 1 saturated heterocycles. The van der Waals surface area contributed by atoms with Crippen LogP contribution in [0.1, 0.15) is 27.2 Å². The zero-order valence-corrected chi connectivity index (χ0v) is 24.1. The van der Waals surface area contributed by atoms with E-state index in [0.717, 1.165) is 17.3 Å². The second kappa shape index (κ2) is 13.4. The minimum Gasteiger partial charge on any atom is -0.368 e. The molecule has 0 atom stereocenters. The Labute approximate surface area is 251 Å². The van der Waals surface area contributed by atoms with Crippen LogP contribution in [0.2, 0.25) is 5.15 Å². The number of piperazine rings is 1. The van der Waals surface area contributed by atoms with Crippen LogP contribution in [-0.2, 0) is 18.3 Å². The van der Waals surface area contributed by atoms with E-state index in [4.69, 9.17) is 11.6 Å². The molecule has 0 saturated carbocycles. The highest BCUT2D eigenvalue weighted by Gasteiger charge is 2.31. The highest BCUT2D eigenvalue weighted by molar-refractivity contribution is 7.98. The van der Waals surface area contributed by atoms with E-state index < -0.39 is 11.7 Å². The molecular weight excluding hydrogens is 585 g/mol. The van der Waals surface area contributed by atoms with E-state index >= 15 is 0 Å². The van der Waals surface area contributed by atoms with Gasteiger partial charge in [-0.2, -0.15) is 13.2 Å². The van der Waals surface area contributed by atoms with Crippen molar-refractivity contribution in [2.75, 3.05) is 42.5 Å². The second-order valence-electron chi connectivity index (χ2n) is 9.67. The first-order valence-electron chi connectivity index (χ1n) is 13.4. The van der Waals surface area contributed by atoms with Crippen molar-refractivity contribution in [3.05, 3.63) is 107 Å². The summed E-state index contributed by atoms with van der Waals surface area (Å²) in [5, 5.41) is 3.76. The van der Waals surface area contributed by atoms with Crippen molar-refractivity contribution < 1.29 is 18.0 Å². The number of carbonyl (C=O) groups excluding carboxylic acids is 1. The van der Waals surface area contributed by atoms with Gasteiger partial charge in [0.1, 0.15) is 11.0 Å². The van der Waals surface area contributed by atoms with Gasteiger partial charge in [0.15, 0.2) is 5.16 Å². The molecule has 1 N–H and O–H groups in total. The van der Waals surface area contributed by atoms with Crippen LogP contribution >= 0.6 is 23.4 Å². The molecule has 2 aromatic heterocycles. The molecule has 0 radical (unpaired) electrons. The molecule has 42 heavy (non-hydrogen) atoms. The van der Waals surface area contributed by atoms with Crippen LogP contribution in [0.4, 0.5) is 24.7 Å². The predicted molar refractivity (Wildman–Crippen MR) is 159 cm³/mol. The fraction of sp³-hybridized carbons (Fsp3) is 0.267. The molecule has 7 nitrogen and oxygen atoms in total. The smallest absolute Gasteiger partial charge is 0.368 e. The number of halogens is 4. The minimum absolute atomic E-state index is 0.138. The molecule has 1 aliphatic rings. The third kappa shape index (κ3) is 7.92. The largest absolute Gasteiger partial charge is 0.416 e. The first-order chi connectivity index (χ1) is 20.2. The van der Waals surface area contributed by atoms with Gasteiger partial charge in [-0.15, -0.1) is 0 Å². The van der Waals surface area contributed by atoms with E-state index in [1.165, 1.54) is 23.9 Å². The van der Waals surface area contributed by atoms with Crippen LogP contribution in [0.25, 0.3) is 0 Å². The Morgan fingerprint density at radius 2 is 1.69 bits per heavy atom. The number of hydrogen-bond donors (Lipinski definition) is 1. The van der Waals surface area contributed by atoms with Crippen LogP contribution < -0.4 is 15.1 Å². The average molecular weight is 613 g/mol. The summed E-state index contributed by atoms with van der Waals surface area (Å²) in [6.07, 6.45) is -1.98. The van der Waals surface area contributed by atoms with E-state index in [0.29, 0.717) is 72.3 Å². The van der Waals surface area contributed by atoms with Crippen LogP contribution in [0.15, 0.2) is 84.1 Å². The third-order valence-corrected chi connectivity index (χ3v) is 7.89. The highest BCUT2D eigenvalue weighted by Crippen LogP contribution is 2.32. The quantitative estimate of drug-likeness (QED) is 0.138. The Hall–Kier alpha value is -3.83. The van der Waals surface area contributed by atoms with Crippen LogP contribution in [0.3, 0.4) is 0 Å². The van der Waals surface area contributed by atoms with Gasteiger partial charge in [-0.25, -0.2) is 9.97 Å². The van der Waals surface area contributed by atoms with Gasteiger partial charge in [0.05, 0.1) is 5.56 Å². The minimum atomic E-state index is -4.37. The lowest BCUT2D eigenvalue weighted by Crippen LogP contribution is -2.47. The summed E-state index contributed by atoms with van der Waals surface area (Å²) in [7, 11) is 0. The number of anilines is 2. The Morgan fingerprint density at radius 1 is 0.929 bits per heavy atom. The molecule has 0 spiro atoms. The Bertz CT molecular complexity index is 1500. The van der Waals surface area contributed by atoms with Crippen molar-refractivity contribution in [2.24, 2.45) is 0 Å². The zero-order chi connectivity index (χ0) is 29.5. The van der Waals surface area contributed by atoms with Crippen molar-refractivity contribution in [3.8, 4) is 0 Å². The first kappa shape index (κ1) is 29.7. The topological polar surface area (TPSA) is 74.2 Å². The Balaban J connectivity index is 1.13. The molecular formula is C30H28ClF3N6OS. The summed E-state index contributed by atoms with van der Waals surface area (Å²) in [6.45, 7) is 2.77. The van der Waals surface area contributed by atoms with Gasteiger partial charge in [-0.05, 0) is 48.0 Å². The molecule has 218 valence electrons. The molecule has 0 aliphatic carbocycles. The lowest BCUT2D eigenvalue weighted by molar-refractivity contribution is -0.137. The number of thioether (sulfide) groups is 1. The number of aromatic nitrogens is 3. The number of rotatable bonds is 9. The molecule has 2 aromatic carbocycles.